The van der Waals surface area contributed by atoms with Crippen LogP contribution in [0.3, 0.4) is 0 Å². The van der Waals surface area contributed by atoms with E-state index in [9.17, 15) is 24.0 Å². The number of carboxylic acid groups (broad SMARTS) is 5. The first-order valence-electron chi connectivity index (χ1n) is 9.94. The van der Waals surface area contributed by atoms with Gasteiger partial charge in [0.05, 0.1) is 0 Å². The van der Waals surface area contributed by atoms with Crippen molar-refractivity contribution in [2.24, 2.45) is 0 Å². The fourth-order valence-corrected chi connectivity index (χ4v) is 1.07. The molecule has 0 amide bonds. The summed E-state index contributed by atoms with van der Waals surface area (Å²) in [5.74, 6) is -3.55. The van der Waals surface area contributed by atoms with Crippen LogP contribution in [-0.2, 0) is 42.5 Å². The molecule has 0 aromatic heterocycles. The van der Waals surface area contributed by atoms with E-state index in [1.807, 2.05) is 34.6 Å². The van der Waals surface area contributed by atoms with E-state index in [1.165, 1.54) is 0 Å². The molecular weight excluding hydrogens is 451 g/mol. The predicted molar refractivity (Wildman–Crippen MR) is 113 cm³/mol. The van der Waals surface area contributed by atoms with Gasteiger partial charge < -0.3 is 25.5 Å². The Bertz CT molecular complexity index is 347. The first-order valence-corrected chi connectivity index (χ1v) is 9.94. The fraction of sp³-hybridized carbons (Fsp3) is 0.750. The molecule has 0 rings (SSSR count). The average molecular weight is 491 g/mol. The topological polar surface area (TPSA) is 186 Å². The van der Waals surface area contributed by atoms with Crippen molar-refractivity contribution in [1.29, 1.82) is 0 Å². The molecule has 0 aliphatic carbocycles. The summed E-state index contributed by atoms with van der Waals surface area (Å²) >= 11 is 0. The summed E-state index contributed by atoms with van der Waals surface area (Å²) in [4.78, 5) is 48.0. The summed E-state index contributed by atoms with van der Waals surface area (Å²) in [5.41, 5.74) is 0. The van der Waals surface area contributed by atoms with E-state index < -0.39 is 29.8 Å². The zero-order chi connectivity index (χ0) is 25.0. The van der Waals surface area contributed by atoms with E-state index in [2.05, 4.69) is 0 Å². The molecule has 0 aromatic carbocycles. The van der Waals surface area contributed by atoms with Crippen LogP contribution in [0.25, 0.3) is 0 Å². The molecule has 185 valence electrons. The van der Waals surface area contributed by atoms with Crippen molar-refractivity contribution in [1.82, 2.24) is 0 Å². The van der Waals surface area contributed by atoms with Crippen LogP contribution >= 0.6 is 0 Å². The normalized spacial score (nSPS) is 7.90. The van der Waals surface area contributed by atoms with Gasteiger partial charge in [-0.1, -0.05) is 34.6 Å². The van der Waals surface area contributed by atoms with E-state index in [0.717, 1.165) is 32.1 Å². The third-order valence-electron chi connectivity index (χ3n) is 2.32. The largest absolute Gasteiger partial charge is 0.481 e. The van der Waals surface area contributed by atoms with Gasteiger partial charge in [0.15, 0.2) is 0 Å². The van der Waals surface area contributed by atoms with Gasteiger partial charge in [-0.3, -0.25) is 24.0 Å². The molecule has 0 unspecified atom stereocenters. The maximum Gasteiger partial charge on any atom is 0.303 e. The van der Waals surface area contributed by atoms with E-state index in [1.54, 1.807) is 0 Å². The summed E-state index contributed by atoms with van der Waals surface area (Å²) in [5, 5.41) is 39.6. The maximum atomic E-state index is 9.60. The van der Waals surface area contributed by atoms with Crippen LogP contribution in [0.1, 0.15) is 98.8 Å². The number of carbonyl (C=O) groups is 5. The minimum Gasteiger partial charge on any atom is -0.481 e. The van der Waals surface area contributed by atoms with Crippen LogP contribution < -0.4 is 0 Å². The Balaban J connectivity index is -0.0000000625. The Kier molecular flexibility index (Phi) is 53.4. The number of hydrogen-bond donors (Lipinski definition) is 5. The molecule has 0 aliphatic heterocycles. The third-order valence-corrected chi connectivity index (χ3v) is 2.32. The van der Waals surface area contributed by atoms with Gasteiger partial charge in [0.25, 0.3) is 0 Å². The van der Waals surface area contributed by atoms with Crippen LogP contribution in [0.4, 0.5) is 0 Å². The van der Waals surface area contributed by atoms with Crippen LogP contribution in [0.5, 0.6) is 0 Å². The van der Waals surface area contributed by atoms with Crippen molar-refractivity contribution >= 4 is 29.8 Å². The third kappa shape index (κ3) is 112. The Hall–Kier alpha value is -2.07. The predicted octanol–water partition coefficient (Wildman–Crippen LogP) is 4.35. The van der Waals surface area contributed by atoms with Gasteiger partial charge >= 0.3 is 29.8 Å². The van der Waals surface area contributed by atoms with Crippen LogP contribution in [0, 0.1) is 0 Å². The van der Waals surface area contributed by atoms with Crippen LogP contribution in [0.2, 0.25) is 0 Å². The molecule has 0 bridgehead atoms. The van der Waals surface area contributed by atoms with Gasteiger partial charge in [-0.05, 0) is 32.1 Å². The zero-order valence-corrected chi connectivity index (χ0v) is 20.7. The molecule has 0 aromatic rings. The smallest absolute Gasteiger partial charge is 0.303 e. The van der Waals surface area contributed by atoms with Gasteiger partial charge in [0.1, 0.15) is 0 Å². The standard InChI is InChI=1S/5C4H8O2.V/c5*1-2-3-4(5)6;/h5*2-3H2,1H3,(H,5,6);. The first-order chi connectivity index (χ1) is 13.9. The molecule has 10 nitrogen and oxygen atoms in total. The second-order valence-corrected chi connectivity index (χ2v) is 5.72. The molecule has 0 aliphatic rings. The summed E-state index contributed by atoms with van der Waals surface area (Å²) in [6.45, 7) is 9.21. The minimum atomic E-state index is -0.711. The molecule has 1 radical (unpaired) electrons. The van der Waals surface area contributed by atoms with Crippen LogP contribution in [-0.4, -0.2) is 55.4 Å². The number of rotatable bonds is 10. The number of aliphatic carboxylic acids is 5. The minimum absolute atomic E-state index is 0. The SMILES string of the molecule is CCCC(=O)O.CCCC(=O)O.CCCC(=O)O.CCCC(=O)O.CCCC(=O)O.[V]. The number of carboxylic acids is 5. The Labute approximate surface area is 196 Å². The van der Waals surface area contributed by atoms with Crippen molar-refractivity contribution in [2.45, 2.75) is 98.8 Å². The molecule has 0 spiro atoms. The van der Waals surface area contributed by atoms with E-state index >= 15 is 0 Å². The van der Waals surface area contributed by atoms with E-state index in [0.29, 0.717) is 32.1 Å². The molecular formula is C20H40O10V. The molecule has 0 heterocycles. The van der Waals surface area contributed by atoms with Crippen molar-refractivity contribution in [3.63, 3.8) is 0 Å². The molecule has 0 saturated carbocycles. The summed E-state index contributed by atoms with van der Waals surface area (Å²) in [6, 6.07) is 0. The van der Waals surface area contributed by atoms with E-state index in [-0.39, 0.29) is 18.6 Å². The van der Waals surface area contributed by atoms with Gasteiger partial charge in [0, 0.05) is 50.7 Å². The van der Waals surface area contributed by atoms with Crippen molar-refractivity contribution in [3.05, 3.63) is 0 Å². The molecule has 0 atom stereocenters. The van der Waals surface area contributed by atoms with E-state index in [4.69, 9.17) is 25.5 Å². The second kappa shape index (κ2) is 38.5. The Morgan fingerprint density at radius 2 is 0.484 bits per heavy atom. The monoisotopic (exact) mass is 491 g/mol. The van der Waals surface area contributed by atoms with Crippen molar-refractivity contribution in [2.75, 3.05) is 0 Å². The molecule has 5 N–H and O–H groups in total. The van der Waals surface area contributed by atoms with Gasteiger partial charge in [-0.2, -0.15) is 0 Å². The zero-order valence-electron chi connectivity index (χ0n) is 19.3. The second-order valence-electron chi connectivity index (χ2n) is 5.72. The Morgan fingerprint density at radius 3 is 0.484 bits per heavy atom. The fourth-order valence-electron chi connectivity index (χ4n) is 1.07. The van der Waals surface area contributed by atoms with Crippen molar-refractivity contribution in [3.8, 4) is 0 Å². The van der Waals surface area contributed by atoms with Gasteiger partial charge in [-0.25, -0.2) is 0 Å². The maximum absolute atomic E-state index is 9.60. The summed E-state index contributed by atoms with van der Waals surface area (Å²) < 4.78 is 0. The van der Waals surface area contributed by atoms with Gasteiger partial charge in [0.2, 0.25) is 0 Å². The molecule has 0 saturated heterocycles. The molecule has 11 heteroatoms. The van der Waals surface area contributed by atoms with Crippen molar-refractivity contribution < 1.29 is 68.1 Å². The Morgan fingerprint density at radius 1 is 0.387 bits per heavy atom. The number of hydrogen-bond acceptors (Lipinski definition) is 5. The molecule has 0 fully saturated rings. The first kappa shape index (κ1) is 42.9. The molecule has 31 heavy (non-hydrogen) atoms. The summed E-state index contributed by atoms with van der Waals surface area (Å²) in [6.07, 6.45) is 5.12. The average Bonchev–Trinajstić information content (AvgIpc) is 2.56. The quantitative estimate of drug-likeness (QED) is 0.294. The van der Waals surface area contributed by atoms with Crippen LogP contribution in [0.15, 0.2) is 0 Å². The summed E-state index contributed by atoms with van der Waals surface area (Å²) in [7, 11) is 0. The van der Waals surface area contributed by atoms with Gasteiger partial charge in [-0.15, -0.1) is 0 Å².